The van der Waals surface area contributed by atoms with Crippen LogP contribution in [0.4, 0.5) is 0 Å². The van der Waals surface area contributed by atoms with Gasteiger partial charge in [0.25, 0.3) is 0 Å². The average molecular weight is 330 g/mol. The molecule has 0 spiro atoms. The molecule has 1 aliphatic rings. The first-order chi connectivity index (χ1) is 11.2. The Morgan fingerprint density at radius 2 is 1.62 bits per heavy atom. The van der Waals surface area contributed by atoms with Gasteiger partial charge in [-0.1, -0.05) is 62.4 Å². The highest BCUT2D eigenvalue weighted by molar-refractivity contribution is 5.28. The summed E-state index contributed by atoms with van der Waals surface area (Å²) in [5.74, 6) is 0.637. The molecule has 0 bridgehead atoms. The zero-order valence-electron chi connectivity index (χ0n) is 16.2. The second kappa shape index (κ2) is 9.80. The van der Waals surface area contributed by atoms with Crippen LogP contribution in [0.15, 0.2) is 54.1 Å². The summed E-state index contributed by atoms with van der Waals surface area (Å²) in [6, 6.07) is 10.1. The van der Waals surface area contributed by atoms with Gasteiger partial charge in [-0.3, -0.25) is 0 Å². The summed E-state index contributed by atoms with van der Waals surface area (Å²) in [5, 5.41) is 12.7. The molecule has 1 aromatic rings. The summed E-state index contributed by atoms with van der Waals surface area (Å²) in [7, 11) is 0. The van der Waals surface area contributed by atoms with Crippen LogP contribution in [0.3, 0.4) is 0 Å². The third kappa shape index (κ3) is 7.94. The fraction of sp³-hybridized carbons (Fsp3) is 0.545. The number of nitrogens with one attached hydrogen (secondary N) is 1. The van der Waals surface area contributed by atoms with Gasteiger partial charge < -0.3 is 10.4 Å². The molecule has 0 saturated heterocycles. The van der Waals surface area contributed by atoms with Gasteiger partial charge in [-0.2, -0.15) is 0 Å². The molecule has 2 heteroatoms. The summed E-state index contributed by atoms with van der Waals surface area (Å²) in [6.07, 6.45) is 9.00. The van der Waals surface area contributed by atoms with Crippen molar-refractivity contribution >= 4 is 0 Å². The van der Waals surface area contributed by atoms with Crippen LogP contribution in [0.2, 0.25) is 0 Å². The first kappa shape index (κ1) is 20.7. The summed E-state index contributed by atoms with van der Waals surface area (Å²) < 4.78 is 0. The molecule has 1 aromatic carbocycles. The maximum absolute atomic E-state index is 9.02. The van der Waals surface area contributed by atoms with Gasteiger partial charge in [0, 0.05) is 11.6 Å². The predicted molar refractivity (Wildman–Crippen MR) is 105 cm³/mol. The minimum absolute atomic E-state index is 0.182. The molecule has 0 fully saturated rings. The monoisotopic (exact) mass is 329 g/mol. The van der Waals surface area contributed by atoms with Crippen LogP contribution in [-0.2, 0) is 0 Å². The van der Waals surface area contributed by atoms with Crippen molar-refractivity contribution in [2.24, 2.45) is 5.92 Å². The molecule has 2 nitrogen and oxygen atoms in total. The zero-order chi connectivity index (χ0) is 18.2. The quantitative estimate of drug-likeness (QED) is 0.773. The minimum atomic E-state index is -0.341. The Hall–Kier alpha value is -1.38. The van der Waals surface area contributed by atoms with Gasteiger partial charge in [0.1, 0.15) is 0 Å². The molecule has 0 amide bonds. The van der Waals surface area contributed by atoms with E-state index in [1.165, 1.54) is 18.4 Å². The second-order valence-electron chi connectivity index (χ2n) is 7.89. The first-order valence-corrected chi connectivity index (χ1v) is 9.08. The van der Waals surface area contributed by atoms with Crippen molar-refractivity contribution in [2.75, 3.05) is 0 Å². The van der Waals surface area contributed by atoms with E-state index in [2.05, 4.69) is 58.2 Å². The van der Waals surface area contributed by atoms with Crippen molar-refractivity contribution in [2.45, 2.75) is 72.1 Å². The van der Waals surface area contributed by atoms with Crippen LogP contribution in [0.5, 0.6) is 0 Å². The molecule has 1 aliphatic carbocycles. The SMILES string of the molecule is CC(C)C(NC(C)(C)C)C1=CCCC=C1.CC(O)c1ccccc1. The van der Waals surface area contributed by atoms with Gasteiger partial charge in [0.15, 0.2) is 0 Å². The second-order valence-corrected chi connectivity index (χ2v) is 7.89. The molecule has 24 heavy (non-hydrogen) atoms. The van der Waals surface area contributed by atoms with E-state index in [0.717, 1.165) is 5.56 Å². The molecule has 0 saturated carbocycles. The van der Waals surface area contributed by atoms with Crippen LogP contribution < -0.4 is 5.32 Å². The largest absolute Gasteiger partial charge is 0.389 e. The van der Waals surface area contributed by atoms with Crippen molar-refractivity contribution < 1.29 is 5.11 Å². The van der Waals surface area contributed by atoms with E-state index >= 15 is 0 Å². The Balaban J connectivity index is 0.000000272. The Morgan fingerprint density at radius 1 is 1.00 bits per heavy atom. The molecule has 134 valence electrons. The van der Waals surface area contributed by atoms with Gasteiger partial charge in [-0.15, -0.1) is 0 Å². The van der Waals surface area contributed by atoms with Crippen molar-refractivity contribution in [3.8, 4) is 0 Å². The molecule has 0 heterocycles. The number of hydrogen-bond acceptors (Lipinski definition) is 2. The van der Waals surface area contributed by atoms with Crippen LogP contribution in [0.1, 0.15) is 66.1 Å². The minimum Gasteiger partial charge on any atom is -0.389 e. The molecule has 0 aliphatic heterocycles. The molecular weight excluding hydrogens is 294 g/mol. The lowest BCUT2D eigenvalue weighted by Crippen LogP contribution is -2.47. The van der Waals surface area contributed by atoms with E-state index in [0.29, 0.717) is 12.0 Å². The van der Waals surface area contributed by atoms with Crippen molar-refractivity contribution in [3.63, 3.8) is 0 Å². The van der Waals surface area contributed by atoms with Gasteiger partial charge in [-0.05, 0) is 57.6 Å². The standard InChI is InChI=1S/C14H25N.C8H10O/c1-11(2)13(15-14(3,4)5)12-9-7-6-8-10-12;1-7(9)8-5-3-2-4-6-8/h7,9-11,13,15H,6,8H2,1-5H3;2-7,9H,1H3. The zero-order valence-corrected chi connectivity index (χ0v) is 16.2. The normalized spacial score (nSPS) is 16.9. The topological polar surface area (TPSA) is 32.3 Å². The Kier molecular flexibility index (Phi) is 8.44. The van der Waals surface area contributed by atoms with Crippen LogP contribution in [0.25, 0.3) is 0 Å². The molecular formula is C22H35NO. The smallest absolute Gasteiger partial charge is 0.0761 e. The molecule has 2 unspecified atom stereocenters. The Labute approximate surface area is 148 Å². The fourth-order valence-corrected chi connectivity index (χ4v) is 2.70. The van der Waals surface area contributed by atoms with Crippen LogP contribution >= 0.6 is 0 Å². The average Bonchev–Trinajstić information content (AvgIpc) is 2.54. The van der Waals surface area contributed by atoms with Gasteiger partial charge in [-0.25, -0.2) is 0 Å². The molecule has 0 aromatic heterocycles. The van der Waals surface area contributed by atoms with E-state index in [1.807, 2.05) is 30.3 Å². The summed E-state index contributed by atoms with van der Waals surface area (Å²) in [6.45, 7) is 13.0. The molecule has 2 N–H and O–H groups in total. The first-order valence-electron chi connectivity index (χ1n) is 9.08. The number of benzene rings is 1. The lowest BCUT2D eigenvalue weighted by atomic mass is 9.90. The molecule has 0 radical (unpaired) electrons. The third-order valence-electron chi connectivity index (χ3n) is 3.92. The maximum atomic E-state index is 9.02. The number of aliphatic hydroxyl groups is 1. The Bertz CT molecular complexity index is 521. The number of aliphatic hydroxyl groups excluding tert-OH is 1. The third-order valence-corrected chi connectivity index (χ3v) is 3.92. The fourth-order valence-electron chi connectivity index (χ4n) is 2.70. The van der Waals surface area contributed by atoms with E-state index in [1.54, 1.807) is 6.92 Å². The lowest BCUT2D eigenvalue weighted by molar-refractivity contribution is 0.199. The summed E-state index contributed by atoms with van der Waals surface area (Å²) >= 11 is 0. The van der Waals surface area contributed by atoms with E-state index in [9.17, 15) is 0 Å². The maximum Gasteiger partial charge on any atom is 0.0761 e. The summed E-state index contributed by atoms with van der Waals surface area (Å²) in [5.41, 5.74) is 2.62. The number of rotatable bonds is 4. The number of allylic oxidation sites excluding steroid dienone is 2. The molecule has 2 atom stereocenters. The van der Waals surface area contributed by atoms with Crippen LogP contribution in [-0.4, -0.2) is 16.7 Å². The lowest BCUT2D eigenvalue weighted by Gasteiger charge is -2.32. The summed E-state index contributed by atoms with van der Waals surface area (Å²) in [4.78, 5) is 0. The van der Waals surface area contributed by atoms with E-state index < -0.39 is 0 Å². The van der Waals surface area contributed by atoms with Crippen molar-refractivity contribution in [3.05, 3.63) is 59.7 Å². The predicted octanol–water partition coefficient (Wildman–Crippen LogP) is 5.42. The number of hydrogen-bond donors (Lipinski definition) is 2. The van der Waals surface area contributed by atoms with E-state index in [-0.39, 0.29) is 11.6 Å². The van der Waals surface area contributed by atoms with Crippen molar-refractivity contribution in [1.82, 2.24) is 5.32 Å². The Morgan fingerprint density at radius 3 is 2.00 bits per heavy atom. The van der Waals surface area contributed by atoms with Crippen LogP contribution in [0, 0.1) is 5.92 Å². The van der Waals surface area contributed by atoms with Crippen molar-refractivity contribution in [1.29, 1.82) is 0 Å². The highest BCUT2D eigenvalue weighted by atomic mass is 16.3. The van der Waals surface area contributed by atoms with E-state index in [4.69, 9.17) is 5.11 Å². The highest BCUT2D eigenvalue weighted by Crippen LogP contribution is 2.21. The van der Waals surface area contributed by atoms with Gasteiger partial charge >= 0.3 is 0 Å². The van der Waals surface area contributed by atoms with Gasteiger partial charge in [0.05, 0.1) is 6.10 Å². The van der Waals surface area contributed by atoms with Gasteiger partial charge in [0.2, 0.25) is 0 Å². The highest BCUT2D eigenvalue weighted by Gasteiger charge is 2.22. The molecule has 2 rings (SSSR count).